The van der Waals surface area contributed by atoms with Gasteiger partial charge in [-0.25, -0.2) is 0 Å². The van der Waals surface area contributed by atoms with E-state index >= 15 is 0 Å². The van der Waals surface area contributed by atoms with E-state index in [4.69, 9.17) is 0 Å². The number of unbranched alkanes of at least 4 members (excludes halogenated alkanes) is 6. The maximum Gasteiger partial charge on any atom is 0.209 e. The average molecular weight is 689 g/mol. The molecule has 2 heterocycles. The van der Waals surface area contributed by atoms with Crippen molar-refractivity contribution in [3.05, 3.63) is 107 Å². The van der Waals surface area contributed by atoms with Crippen LogP contribution in [-0.4, -0.2) is 48.9 Å². The van der Waals surface area contributed by atoms with Crippen molar-refractivity contribution in [2.45, 2.75) is 136 Å². The number of para-hydroxylation sites is 2. The Kier molecular flexibility index (Phi) is 13.8. The highest BCUT2D eigenvalue weighted by atomic mass is 15.2. The SMILES string of the molecule is CCC(C)CCCCCC[N+]1=C(/C=C/C2=CC(=C/C=C3/N(CCCCCCN(C)C)c4ccccc4C3(C)C)/CCC2)C(C)(C)c2ccccc21. The summed E-state index contributed by atoms with van der Waals surface area (Å²) < 4.78 is 2.64. The average Bonchev–Trinajstić information content (AvgIpc) is 3.47. The second-order valence-corrected chi connectivity index (χ2v) is 17.1. The molecule has 0 saturated carbocycles. The minimum Gasteiger partial charge on any atom is -0.344 e. The number of nitrogens with zero attached hydrogens (tertiary/aromatic N) is 3. The van der Waals surface area contributed by atoms with Gasteiger partial charge in [0.25, 0.3) is 0 Å². The lowest BCUT2D eigenvalue weighted by molar-refractivity contribution is -0.438. The monoisotopic (exact) mass is 689 g/mol. The second-order valence-electron chi connectivity index (χ2n) is 17.1. The van der Waals surface area contributed by atoms with E-state index in [-0.39, 0.29) is 10.8 Å². The van der Waals surface area contributed by atoms with Gasteiger partial charge < -0.3 is 9.80 Å². The number of fused-ring (bicyclic) bond motifs is 2. The molecule has 1 unspecified atom stereocenters. The molecule has 1 atom stereocenters. The van der Waals surface area contributed by atoms with Crippen LogP contribution in [0.2, 0.25) is 0 Å². The Morgan fingerprint density at radius 3 is 2.27 bits per heavy atom. The van der Waals surface area contributed by atoms with Gasteiger partial charge in [-0.05, 0) is 108 Å². The minimum absolute atomic E-state index is 0.000830. The first-order valence-electron chi connectivity index (χ1n) is 20.6. The van der Waals surface area contributed by atoms with Crippen molar-refractivity contribution in [1.82, 2.24) is 4.90 Å². The fourth-order valence-corrected chi connectivity index (χ4v) is 8.65. The third-order valence-electron chi connectivity index (χ3n) is 12.1. The molecule has 0 spiro atoms. The van der Waals surface area contributed by atoms with Crippen LogP contribution in [0.3, 0.4) is 0 Å². The topological polar surface area (TPSA) is 9.49 Å². The fraction of sp³-hybridized carbons (Fsp3) is 0.562. The van der Waals surface area contributed by atoms with Gasteiger partial charge in [0.2, 0.25) is 5.69 Å². The van der Waals surface area contributed by atoms with Crippen LogP contribution in [0.5, 0.6) is 0 Å². The predicted octanol–water partition coefficient (Wildman–Crippen LogP) is 12.5. The van der Waals surface area contributed by atoms with Crippen LogP contribution in [0.25, 0.3) is 0 Å². The highest BCUT2D eigenvalue weighted by Gasteiger charge is 2.44. The first-order chi connectivity index (χ1) is 24.5. The third kappa shape index (κ3) is 9.64. The van der Waals surface area contributed by atoms with Gasteiger partial charge in [-0.2, -0.15) is 4.58 Å². The van der Waals surface area contributed by atoms with Crippen LogP contribution < -0.4 is 4.90 Å². The lowest BCUT2D eigenvalue weighted by Crippen LogP contribution is -2.28. The van der Waals surface area contributed by atoms with Crippen molar-refractivity contribution in [1.29, 1.82) is 0 Å². The smallest absolute Gasteiger partial charge is 0.209 e. The van der Waals surface area contributed by atoms with Crippen LogP contribution in [0, 0.1) is 5.92 Å². The highest BCUT2D eigenvalue weighted by molar-refractivity contribution is 6.03. The lowest BCUT2D eigenvalue weighted by Gasteiger charge is -2.27. The zero-order valence-corrected chi connectivity index (χ0v) is 33.7. The lowest BCUT2D eigenvalue weighted by atomic mass is 9.81. The summed E-state index contributed by atoms with van der Waals surface area (Å²) in [5.74, 6) is 0.863. The van der Waals surface area contributed by atoms with Crippen molar-refractivity contribution in [2.24, 2.45) is 5.92 Å². The van der Waals surface area contributed by atoms with E-state index in [2.05, 4.69) is 149 Å². The maximum absolute atomic E-state index is 2.64. The Balaban J connectivity index is 1.32. The Hall–Kier alpha value is -3.17. The van der Waals surface area contributed by atoms with E-state index < -0.39 is 0 Å². The van der Waals surface area contributed by atoms with E-state index in [0.717, 1.165) is 31.8 Å². The van der Waals surface area contributed by atoms with Crippen LogP contribution in [0.1, 0.15) is 136 Å². The van der Waals surface area contributed by atoms with Crippen molar-refractivity contribution in [3.63, 3.8) is 0 Å². The first kappa shape index (κ1) is 39.0. The van der Waals surface area contributed by atoms with Crippen molar-refractivity contribution < 1.29 is 4.58 Å². The number of anilines is 1. The Labute approximate surface area is 312 Å². The molecule has 276 valence electrons. The van der Waals surface area contributed by atoms with E-state index in [1.165, 1.54) is 122 Å². The molecule has 3 aliphatic rings. The molecule has 0 amide bonds. The minimum atomic E-state index is -0.00319. The molecule has 0 radical (unpaired) electrons. The molecule has 5 rings (SSSR count). The zero-order valence-electron chi connectivity index (χ0n) is 33.7. The van der Waals surface area contributed by atoms with Crippen molar-refractivity contribution >= 4 is 17.1 Å². The predicted molar refractivity (Wildman–Crippen MR) is 223 cm³/mol. The summed E-state index contributed by atoms with van der Waals surface area (Å²) >= 11 is 0. The summed E-state index contributed by atoms with van der Waals surface area (Å²) in [6.07, 6.45) is 28.9. The van der Waals surface area contributed by atoms with Crippen molar-refractivity contribution in [2.75, 3.05) is 38.6 Å². The largest absolute Gasteiger partial charge is 0.344 e. The quantitative estimate of drug-likeness (QED) is 0.114. The van der Waals surface area contributed by atoms with Crippen molar-refractivity contribution in [3.8, 4) is 0 Å². The van der Waals surface area contributed by atoms with E-state index in [9.17, 15) is 0 Å². The number of allylic oxidation sites excluding steroid dienone is 8. The van der Waals surface area contributed by atoms with E-state index in [1.807, 2.05) is 0 Å². The number of hydrogen-bond acceptors (Lipinski definition) is 2. The Morgan fingerprint density at radius 1 is 0.784 bits per heavy atom. The normalized spacial score (nSPS) is 20.2. The maximum atomic E-state index is 2.64. The van der Waals surface area contributed by atoms with Crippen LogP contribution in [0.4, 0.5) is 11.4 Å². The molecular formula is C48H70N3+. The molecule has 2 aliphatic heterocycles. The summed E-state index contributed by atoms with van der Waals surface area (Å²) in [5.41, 5.74) is 11.5. The molecule has 0 fully saturated rings. The van der Waals surface area contributed by atoms with Crippen LogP contribution >= 0.6 is 0 Å². The van der Waals surface area contributed by atoms with Gasteiger partial charge in [0.05, 0.1) is 5.41 Å². The van der Waals surface area contributed by atoms with Gasteiger partial charge in [0.1, 0.15) is 6.54 Å². The summed E-state index contributed by atoms with van der Waals surface area (Å²) in [6, 6.07) is 18.2. The fourth-order valence-electron chi connectivity index (χ4n) is 8.65. The molecule has 2 aromatic rings. The molecule has 0 N–H and O–H groups in total. The third-order valence-corrected chi connectivity index (χ3v) is 12.1. The molecule has 0 bridgehead atoms. The van der Waals surface area contributed by atoms with E-state index in [1.54, 1.807) is 0 Å². The number of benzene rings is 2. The zero-order chi connectivity index (χ0) is 36.4. The molecule has 1 aliphatic carbocycles. The van der Waals surface area contributed by atoms with Gasteiger partial charge in [-0.3, -0.25) is 0 Å². The summed E-state index contributed by atoms with van der Waals surface area (Å²) in [6.45, 7) is 17.8. The first-order valence-corrected chi connectivity index (χ1v) is 20.6. The summed E-state index contributed by atoms with van der Waals surface area (Å²) in [4.78, 5) is 4.93. The molecular weight excluding hydrogens is 619 g/mol. The molecule has 0 saturated heterocycles. The summed E-state index contributed by atoms with van der Waals surface area (Å²) in [7, 11) is 4.35. The highest BCUT2D eigenvalue weighted by Crippen LogP contribution is 2.48. The molecule has 2 aromatic carbocycles. The van der Waals surface area contributed by atoms with Gasteiger partial charge >= 0.3 is 0 Å². The van der Waals surface area contributed by atoms with Gasteiger partial charge in [-0.1, -0.05) is 121 Å². The van der Waals surface area contributed by atoms with Gasteiger partial charge in [-0.15, -0.1) is 0 Å². The molecule has 0 aromatic heterocycles. The van der Waals surface area contributed by atoms with Gasteiger partial charge in [0, 0.05) is 47.5 Å². The van der Waals surface area contributed by atoms with E-state index in [0.29, 0.717) is 0 Å². The summed E-state index contributed by atoms with van der Waals surface area (Å²) in [5, 5.41) is 0. The standard InChI is InChI=1S/C48H70N3/c1-9-38(2)23-14-10-11-20-35-50-43-28-17-15-26-41(43)47(3,4)45(50)32-30-39-24-22-25-40(37-39)31-33-46-48(5,6)42-27-16-18-29-44(42)51(46)36-21-13-12-19-34-49(7)8/h15-18,26-33,37-38H,9-14,19-25,34-36H2,1-8H3/q+1. The number of rotatable bonds is 18. The van der Waals surface area contributed by atoms with Crippen LogP contribution in [0.15, 0.2) is 95.8 Å². The Morgan fingerprint density at radius 2 is 1.49 bits per heavy atom. The molecule has 51 heavy (non-hydrogen) atoms. The van der Waals surface area contributed by atoms with Crippen LogP contribution in [-0.2, 0) is 10.8 Å². The second kappa shape index (κ2) is 18.0. The number of hydrogen-bond donors (Lipinski definition) is 0. The Bertz CT molecular complexity index is 1610. The molecule has 3 heteroatoms. The molecule has 3 nitrogen and oxygen atoms in total. The van der Waals surface area contributed by atoms with Gasteiger partial charge in [0.15, 0.2) is 5.71 Å².